The van der Waals surface area contributed by atoms with E-state index in [1.54, 1.807) is 0 Å². The molecule has 3 aliphatic carbocycles. The van der Waals surface area contributed by atoms with Crippen molar-refractivity contribution in [2.24, 2.45) is 29.4 Å². The third kappa shape index (κ3) is 2.60. The highest BCUT2D eigenvalue weighted by Gasteiger charge is 2.45. The smallest absolute Gasteiger partial charge is 0.0111 e. The summed E-state index contributed by atoms with van der Waals surface area (Å²) >= 11 is 0. The van der Waals surface area contributed by atoms with Gasteiger partial charge < -0.3 is 10.6 Å². The predicted octanol–water partition coefficient (Wildman–Crippen LogP) is 2.87. The van der Waals surface area contributed by atoms with Gasteiger partial charge in [0.2, 0.25) is 0 Å². The van der Waals surface area contributed by atoms with E-state index >= 15 is 0 Å². The molecule has 0 aromatic heterocycles. The molecule has 3 aliphatic rings. The first kappa shape index (κ1) is 12.9. The molecule has 2 N–H and O–H groups in total. The molecule has 0 aromatic rings. The molecule has 0 amide bonds. The van der Waals surface area contributed by atoms with Crippen LogP contribution in [-0.2, 0) is 0 Å². The van der Waals surface area contributed by atoms with Gasteiger partial charge in [0, 0.05) is 19.1 Å². The molecule has 3 rings (SSSR count). The molecule has 104 valence electrons. The van der Waals surface area contributed by atoms with Gasteiger partial charge in [0.05, 0.1) is 0 Å². The van der Waals surface area contributed by atoms with Crippen LogP contribution in [-0.4, -0.2) is 31.1 Å². The first-order valence-electron chi connectivity index (χ1n) is 8.18. The average Bonchev–Trinajstić information content (AvgIpc) is 2.94. The Kier molecular flexibility index (Phi) is 3.95. The summed E-state index contributed by atoms with van der Waals surface area (Å²) in [5.74, 6) is 3.60. The van der Waals surface area contributed by atoms with Crippen molar-refractivity contribution < 1.29 is 0 Å². The van der Waals surface area contributed by atoms with Gasteiger partial charge in [-0.05, 0) is 62.8 Å². The molecule has 3 fully saturated rings. The molecule has 0 aliphatic heterocycles. The monoisotopic (exact) mass is 250 g/mol. The second kappa shape index (κ2) is 5.50. The largest absolute Gasteiger partial charge is 0.327 e. The van der Waals surface area contributed by atoms with Crippen molar-refractivity contribution in [3.8, 4) is 0 Å². The van der Waals surface area contributed by atoms with Gasteiger partial charge in [-0.1, -0.05) is 19.3 Å². The Bertz CT molecular complexity index is 270. The highest BCUT2D eigenvalue weighted by molar-refractivity contribution is 4.99. The van der Waals surface area contributed by atoms with Gasteiger partial charge in [-0.15, -0.1) is 0 Å². The topological polar surface area (TPSA) is 29.3 Å². The van der Waals surface area contributed by atoms with Gasteiger partial charge in [-0.25, -0.2) is 0 Å². The van der Waals surface area contributed by atoms with E-state index in [4.69, 9.17) is 5.73 Å². The highest BCUT2D eigenvalue weighted by atomic mass is 15.1. The van der Waals surface area contributed by atoms with Crippen LogP contribution in [0.4, 0.5) is 0 Å². The fourth-order valence-electron chi connectivity index (χ4n) is 4.97. The minimum atomic E-state index is 0.512. The Morgan fingerprint density at radius 2 is 1.67 bits per heavy atom. The number of nitrogens with zero attached hydrogens (tertiary/aromatic N) is 1. The molecule has 4 atom stereocenters. The molecule has 0 heterocycles. The lowest BCUT2D eigenvalue weighted by Crippen LogP contribution is -2.43. The van der Waals surface area contributed by atoms with Crippen LogP contribution in [0.15, 0.2) is 0 Å². The van der Waals surface area contributed by atoms with E-state index in [0.717, 1.165) is 23.7 Å². The maximum atomic E-state index is 6.42. The SMILES string of the molecule is CN(CC1CCCCC1)CC1C2CCC(C2)C1N. The van der Waals surface area contributed by atoms with E-state index in [2.05, 4.69) is 11.9 Å². The molecule has 2 heteroatoms. The van der Waals surface area contributed by atoms with Gasteiger partial charge in [0.25, 0.3) is 0 Å². The Labute approximate surface area is 112 Å². The molecule has 2 nitrogen and oxygen atoms in total. The summed E-state index contributed by atoms with van der Waals surface area (Å²) in [5.41, 5.74) is 6.42. The van der Waals surface area contributed by atoms with Crippen LogP contribution in [0.2, 0.25) is 0 Å². The fourth-order valence-corrected chi connectivity index (χ4v) is 4.97. The van der Waals surface area contributed by atoms with Crippen molar-refractivity contribution >= 4 is 0 Å². The number of nitrogens with two attached hydrogens (primary N) is 1. The van der Waals surface area contributed by atoms with Crippen LogP contribution in [0.1, 0.15) is 51.4 Å². The van der Waals surface area contributed by atoms with E-state index in [9.17, 15) is 0 Å². The van der Waals surface area contributed by atoms with E-state index in [0.29, 0.717) is 6.04 Å². The summed E-state index contributed by atoms with van der Waals surface area (Å²) < 4.78 is 0. The molecule has 0 aromatic carbocycles. The van der Waals surface area contributed by atoms with Crippen LogP contribution in [0.3, 0.4) is 0 Å². The van der Waals surface area contributed by atoms with E-state index in [-0.39, 0.29) is 0 Å². The summed E-state index contributed by atoms with van der Waals surface area (Å²) in [6.45, 7) is 2.58. The van der Waals surface area contributed by atoms with Gasteiger partial charge in [0.15, 0.2) is 0 Å². The van der Waals surface area contributed by atoms with Crippen LogP contribution in [0.25, 0.3) is 0 Å². The Morgan fingerprint density at radius 3 is 2.33 bits per heavy atom. The second-order valence-electron chi connectivity index (χ2n) is 7.30. The second-order valence-corrected chi connectivity index (χ2v) is 7.30. The van der Waals surface area contributed by atoms with Crippen LogP contribution < -0.4 is 5.73 Å². The summed E-state index contributed by atoms with van der Waals surface area (Å²) in [6.07, 6.45) is 11.6. The lowest BCUT2D eigenvalue weighted by atomic mass is 9.84. The summed E-state index contributed by atoms with van der Waals surface area (Å²) in [5, 5.41) is 0. The van der Waals surface area contributed by atoms with Crippen LogP contribution >= 0.6 is 0 Å². The predicted molar refractivity (Wildman–Crippen MR) is 76.4 cm³/mol. The van der Waals surface area contributed by atoms with Crippen LogP contribution in [0.5, 0.6) is 0 Å². The standard InChI is InChI=1S/C16H30N2/c1-18(10-12-5-3-2-4-6-12)11-15-13-7-8-14(9-13)16(15)17/h12-16H,2-11,17H2,1H3. The van der Waals surface area contributed by atoms with Gasteiger partial charge in [0.1, 0.15) is 0 Å². The zero-order valence-electron chi connectivity index (χ0n) is 12.0. The van der Waals surface area contributed by atoms with Crippen molar-refractivity contribution in [2.45, 2.75) is 57.4 Å². The fraction of sp³-hybridized carbons (Fsp3) is 1.00. The molecule has 0 saturated heterocycles. The Hall–Kier alpha value is -0.0800. The molecule has 4 unspecified atom stereocenters. The van der Waals surface area contributed by atoms with Gasteiger partial charge >= 0.3 is 0 Å². The maximum absolute atomic E-state index is 6.42. The summed E-state index contributed by atoms with van der Waals surface area (Å²) in [6, 6.07) is 0.512. The molecule has 2 bridgehead atoms. The minimum absolute atomic E-state index is 0.512. The molecule has 18 heavy (non-hydrogen) atoms. The third-order valence-electron chi connectivity index (χ3n) is 5.98. The van der Waals surface area contributed by atoms with E-state index < -0.39 is 0 Å². The molecular formula is C16H30N2. The quantitative estimate of drug-likeness (QED) is 0.831. The molecule has 0 radical (unpaired) electrons. The number of rotatable bonds is 4. The number of hydrogen-bond acceptors (Lipinski definition) is 2. The first-order chi connectivity index (χ1) is 8.74. The van der Waals surface area contributed by atoms with Crippen molar-refractivity contribution in [1.82, 2.24) is 4.90 Å². The van der Waals surface area contributed by atoms with E-state index in [1.165, 1.54) is 64.5 Å². The van der Waals surface area contributed by atoms with Crippen molar-refractivity contribution in [3.05, 3.63) is 0 Å². The molecule has 0 spiro atoms. The Balaban J connectivity index is 1.47. The van der Waals surface area contributed by atoms with Gasteiger partial charge in [-0.2, -0.15) is 0 Å². The third-order valence-corrected chi connectivity index (χ3v) is 5.98. The van der Waals surface area contributed by atoms with Crippen molar-refractivity contribution in [2.75, 3.05) is 20.1 Å². The summed E-state index contributed by atoms with van der Waals surface area (Å²) in [4.78, 5) is 2.60. The number of hydrogen-bond donors (Lipinski definition) is 1. The van der Waals surface area contributed by atoms with E-state index in [1.807, 2.05) is 0 Å². The van der Waals surface area contributed by atoms with Gasteiger partial charge in [-0.3, -0.25) is 0 Å². The van der Waals surface area contributed by atoms with Crippen molar-refractivity contribution in [3.63, 3.8) is 0 Å². The molecule has 3 saturated carbocycles. The lowest BCUT2D eigenvalue weighted by Gasteiger charge is -2.34. The number of fused-ring (bicyclic) bond motifs is 2. The van der Waals surface area contributed by atoms with Crippen molar-refractivity contribution in [1.29, 1.82) is 0 Å². The Morgan fingerprint density at radius 1 is 0.944 bits per heavy atom. The normalized spacial score (nSPS) is 40.8. The zero-order valence-corrected chi connectivity index (χ0v) is 12.0. The highest BCUT2D eigenvalue weighted by Crippen LogP contribution is 2.47. The minimum Gasteiger partial charge on any atom is -0.327 e. The maximum Gasteiger partial charge on any atom is 0.0111 e. The average molecular weight is 250 g/mol. The lowest BCUT2D eigenvalue weighted by molar-refractivity contribution is 0.167. The first-order valence-corrected chi connectivity index (χ1v) is 8.18. The summed E-state index contributed by atoms with van der Waals surface area (Å²) in [7, 11) is 2.33. The van der Waals surface area contributed by atoms with Crippen LogP contribution in [0, 0.1) is 23.7 Å². The zero-order chi connectivity index (χ0) is 12.5. The molecular weight excluding hydrogens is 220 g/mol.